The number of rotatable bonds is 6. The average molecular weight is 380 g/mol. The summed E-state index contributed by atoms with van der Waals surface area (Å²) in [6.07, 6.45) is 2.48. The van der Waals surface area contributed by atoms with Gasteiger partial charge in [0.25, 0.3) is 0 Å². The molecule has 2 aromatic rings. The second-order valence-electron chi connectivity index (χ2n) is 4.51. The minimum absolute atomic E-state index is 0. The molecule has 0 fully saturated rings. The number of halogens is 3. The summed E-state index contributed by atoms with van der Waals surface area (Å²) in [5, 5.41) is 4.33. The third-order valence-electron chi connectivity index (χ3n) is 2.92. The smallest absolute Gasteiger partial charge is 0.243 e. The summed E-state index contributed by atoms with van der Waals surface area (Å²) < 4.78 is 27.4. The van der Waals surface area contributed by atoms with Crippen molar-refractivity contribution in [1.82, 2.24) is 4.98 Å². The number of thiazole rings is 1. The number of nitrogens with two attached hydrogens (primary N) is 1. The fourth-order valence-corrected chi connectivity index (χ4v) is 2.96. The molecular weight excluding hydrogens is 364 g/mol. The van der Waals surface area contributed by atoms with Gasteiger partial charge >= 0.3 is 0 Å². The highest BCUT2D eigenvalue weighted by molar-refractivity contribution is 7.98. The molecule has 0 saturated carbocycles. The van der Waals surface area contributed by atoms with E-state index in [0.29, 0.717) is 6.42 Å². The van der Waals surface area contributed by atoms with E-state index >= 15 is 0 Å². The van der Waals surface area contributed by atoms with Crippen LogP contribution in [0.3, 0.4) is 0 Å². The SMILES string of the molecule is CSCCC(N)C(=O)Nc1nc(-c2c(F)cccc2F)cs1.Cl. The Balaban J connectivity index is 0.00000264. The van der Waals surface area contributed by atoms with Crippen molar-refractivity contribution < 1.29 is 13.6 Å². The van der Waals surface area contributed by atoms with Gasteiger partial charge in [0.1, 0.15) is 11.6 Å². The molecule has 1 unspecified atom stereocenters. The molecule has 0 bridgehead atoms. The molecule has 1 heterocycles. The quantitative estimate of drug-likeness (QED) is 0.805. The van der Waals surface area contributed by atoms with Crippen molar-refractivity contribution in [2.24, 2.45) is 5.73 Å². The summed E-state index contributed by atoms with van der Waals surface area (Å²) in [5.74, 6) is -0.971. The maximum Gasteiger partial charge on any atom is 0.243 e. The largest absolute Gasteiger partial charge is 0.320 e. The molecule has 3 N–H and O–H groups in total. The first-order valence-corrected chi connectivity index (χ1v) is 8.75. The predicted molar refractivity (Wildman–Crippen MR) is 94.3 cm³/mol. The first kappa shape index (κ1) is 19.8. The number of amides is 1. The lowest BCUT2D eigenvalue weighted by atomic mass is 10.1. The summed E-state index contributed by atoms with van der Waals surface area (Å²) in [6, 6.07) is 2.97. The van der Waals surface area contributed by atoms with E-state index in [1.165, 1.54) is 11.4 Å². The second kappa shape index (κ2) is 9.17. The summed E-state index contributed by atoms with van der Waals surface area (Å²) >= 11 is 2.70. The fourth-order valence-electron chi connectivity index (χ4n) is 1.76. The van der Waals surface area contributed by atoms with E-state index in [0.717, 1.165) is 29.2 Å². The van der Waals surface area contributed by atoms with Crippen molar-refractivity contribution in [2.45, 2.75) is 12.5 Å². The van der Waals surface area contributed by atoms with Crippen LogP contribution in [0.4, 0.5) is 13.9 Å². The summed E-state index contributed by atoms with van der Waals surface area (Å²) in [4.78, 5) is 15.9. The van der Waals surface area contributed by atoms with Crippen molar-refractivity contribution in [3.05, 3.63) is 35.2 Å². The minimum atomic E-state index is -0.695. The van der Waals surface area contributed by atoms with Gasteiger partial charge in [0.15, 0.2) is 5.13 Å². The number of benzene rings is 1. The van der Waals surface area contributed by atoms with Crippen LogP contribution in [0, 0.1) is 11.6 Å². The third kappa shape index (κ3) is 5.13. The van der Waals surface area contributed by atoms with E-state index < -0.39 is 17.7 Å². The van der Waals surface area contributed by atoms with E-state index in [1.54, 1.807) is 11.8 Å². The van der Waals surface area contributed by atoms with E-state index in [2.05, 4.69) is 10.3 Å². The van der Waals surface area contributed by atoms with Gasteiger partial charge in [-0.25, -0.2) is 13.8 Å². The first-order valence-electron chi connectivity index (χ1n) is 6.48. The molecule has 4 nitrogen and oxygen atoms in total. The Bertz CT molecular complexity index is 649. The predicted octanol–water partition coefficient (Wildman–Crippen LogP) is 3.53. The molecule has 2 rings (SSSR count). The first-order chi connectivity index (χ1) is 10.5. The number of hydrogen-bond donors (Lipinski definition) is 2. The van der Waals surface area contributed by atoms with Gasteiger partial charge in [-0.2, -0.15) is 11.8 Å². The van der Waals surface area contributed by atoms with E-state index in [-0.39, 0.29) is 34.7 Å². The molecule has 1 amide bonds. The lowest BCUT2D eigenvalue weighted by Gasteiger charge is -2.09. The normalized spacial score (nSPS) is 11.7. The van der Waals surface area contributed by atoms with Crippen LogP contribution in [0.2, 0.25) is 0 Å². The van der Waals surface area contributed by atoms with Gasteiger partial charge < -0.3 is 11.1 Å². The van der Waals surface area contributed by atoms with Gasteiger partial charge in [-0.3, -0.25) is 4.79 Å². The van der Waals surface area contributed by atoms with Crippen LogP contribution in [0.25, 0.3) is 11.3 Å². The van der Waals surface area contributed by atoms with Crippen LogP contribution in [0.5, 0.6) is 0 Å². The van der Waals surface area contributed by atoms with Crippen molar-refractivity contribution >= 4 is 46.5 Å². The van der Waals surface area contributed by atoms with Crippen LogP contribution >= 0.6 is 35.5 Å². The van der Waals surface area contributed by atoms with Gasteiger partial charge in [-0.05, 0) is 30.6 Å². The molecule has 0 aliphatic rings. The Labute approximate surface area is 147 Å². The molecule has 9 heteroatoms. The van der Waals surface area contributed by atoms with Crippen molar-refractivity contribution in [3.63, 3.8) is 0 Å². The number of thioether (sulfide) groups is 1. The Morgan fingerprint density at radius 1 is 1.43 bits per heavy atom. The van der Waals surface area contributed by atoms with Crippen molar-refractivity contribution in [1.29, 1.82) is 0 Å². The highest BCUT2D eigenvalue weighted by atomic mass is 35.5. The maximum absolute atomic E-state index is 13.7. The number of nitrogens with one attached hydrogen (secondary N) is 1. The maximum atomic E-state index is 13.7. The monoisotopic (exact) mass is 379 g/mol. The van der Waals surface area contributed by atoms with E-state index in [9.17, 15) is 13.6 Å². The summed E-state index contributed by atoms with van der Waals surface area (Å²) in [5.41, 5.74) is 5.69. The van der Waals surface area contributed by atoms with Gasteiger partial charge in [0, 0.05) is 5.38 Å². The molecule has 0 spiro atoms. The van der Waals surface area contributed by atoms with Gasteiger partial charge in [0.05, 0.1) is 17.3 Å². The van der Waals surface area contributed by atoms with E-state index in [4.69, 9.17) is 5.73 Å². The van der Waals surface area contributed by atoms with Crippen molar-refractivity contribution in [2.75, 3.05) is 17.3 Å². The second-order valence-corrected chi connectivity index (χ2v) is 6.36. The standard InChI is InChI=1S/C14H15F2N3OS2.ClH/c1-21-6-5-10(17)13(20)19-14-18-11(7-22-14)12-8(15)3-2-4-9(12)16;/h2-4,7,10H,5-6,17H2,1H3,(H,18,19,20);1H. The molecule has 23 heavy (non-hydrogen) atoms. The fraction of sp³-hybridized carbons (Fsp3) is 0.286. The zero-order valence-electron chi connectivity index (χ0n) is 12.2. The number of hydrogen-bond acceptors (Lipinski definition) is 5. The highest BCUT2D eigenvalue weighted by Gasteiger charge is 2.17. The molecule has 1 aromatic heterocycles. The Hall–Kier alpha value is -1.22. The number of carbonyl (C=O) groups excluding carboxylic acids is 1. The van der Waals surface area contributed by atoms with Crippen LogP contribution in [0.1, 0.15) is 6.42 Å². The zero-order chi connectivity index (χ0) is 16.1. The van der Waals surface area contributed by atoms with Crippen LogP contribution in [0.15, 0.2) is 23.6 Å². The van der Waals surface area contributed by atoms with Crippen LogP contribution in [-0.2, 0) is 4.79 Å². The Morgan fingerprint density at radius 3 is 2.70 bits per heavy atom. The molecule has 1 atom stereocenters. The Kier molecular flexibility index (Phi) is 7.90. The average Bonchev–Trinajstić information content (AvgIpc) is 2.92. The van der Waals surface area contributed by atoms with Gasteiger partial charge in [0.2, 0.25) is 5.91 Å². The Morgan fingerprint density at radius 2 is 2.09 bits per heavy atom. The molecular formula is C14H16ClF2N3OS2. The third-order valence-corrected chi connectivity index (χ3v) is 4.32. The zero-order valence-corrected chi connectivity index (χ0v) is 14.7. The minimum Gasteiger partial charge on any atom is -0.320 e. The lowest BCUT2D eigenvalue weighted by molar-refractivity contribution is -0.117. The van der Waals surface area contributed by atoms with Crippen LogP contribution in [-0.4, -0.2) is 28.9 Å². The number of nitrogens with zero attached hydrogens (tertiary/aromatic N) is 1. The van der Waals surface area contributed by atoms with Gasteiger partial charge in [-0.15, -0.1) is 23.7 Å². The van der Waals surface area contributed by atoms with E-state index in [1.807, 2.05) is 6.26 Å². The number of anilines is 1. The highest BCUT2D eigenvalue weighted by Crippen LogP contribution is 2.29. The van der Waals surface area contributed by atoms with Crippen LogP contribution < -0.4 is 11.1 Å². The lowest BCUT2D eigenvalue weighted by Crippen LogP contribution is -2.36. The molecule has 1 aromatic carbocycles. The molecule has 126 valence electrons. The molecule has 0 aliphatic heterocycles. The topological polar surface area (TPSA) is 68.0 Å². The van der Waals surface area contributed by atoms with Crippen molar-refractivity contribution in [3.8, 4) is 11.3 Å². The molecule has 0 aliphatic carbocycles. The summed E-state index contributed by atoms with van der Waals surface area (Å²) in [6.45, 7) is 0. The molecule has 0 saturated heterocycles. The van der Waals surface area contributed by atoms with Gasteiger partial charge in [-0.1, -0.05) is 6.07 Å². The summed E-state index contributed by atoms with van der Waals surface area (Å²) in [7, 11) is 0. The number of carbonyl (C=O) groups is 1. The molecule has 0 radical (unpaired) electrons. The number of aromatic nitrogens is 1.